The van der Waals surface area contributed by atoms with Crippen molar-refractivity contribution in [2.24, 2.45) is 0 Å². The Balaban J connectivity index is 1.21. The van der Waals surface area contributed by atoms with Gasteiger partial charge in [-0.3, -0.25) is 0 Å². The van der Waals surface area contributed by atoms with Crippen molar-refractivity contribution in [1.29, 1.82) is 0 Å². The lowest BCUT2D eigenvalue weighted by Crippen LogP contribution is -2.01. The van der Waals surface area contributed by atoms with Crippen molar-refractivity contribution in [1.82, 2.24) is 19.5 Å². The van der Waals surface area contributed by atoms with Crippen molar-refractivity contribution in [3.8, 4) is 73.2 Å². The van der Waals surface area contributed by atoms with Crippen LogP contribution in [0.15, 0.2) is 170 Å². The van der Waals surface area contributed by atoms with E-state index in [1.165, 1.54) is 44.3 Å². The second-order valence-corrected chi connectivity index (χ2v) is 12.4. The molecule has 0 bridgehead atoms. The van der Waals surface area contributed by atoms with Crippen LogP contribution < -0.4 is 0 Å². The van der Waals surface area contributed by atoms with Crippen LogP contribution in [0.2, 0.25) is 0 Å². The van der Waals surface area contributed by atoms with Crippen LogP contribution in [0.5, 0.6) is 0 Å². The summed E-state index contributed by atoms with van der Waals surface area (Å²) in [6, 6.07) is 57.5. The van der Waals surface area contributed by atoms with E-state index in [2.05, 4.69) is 114 Å². The lowest BCUT2D eigenvalue weighted by atomic mass is 9.94. The molecule has 0 spiro atoms. The molecule has 0 saturated carbocycles. The fraction of sp³-hybridized carbons (Fsp3) is 0. The van der Waals surface area contributed by atoms with Gasteiger partial charge in [-0.2, -0.15) is 0 Å². The zero-order valence-corrected chi connectivity index (χ0v) is 26.5. The predicted molar refractivity (Wildman–Crippen MR) is 200 cm³/mol. The maximum absolute atomic E-state index is 5.07. The van der Waals surface area contributed by atoms with E-state index in [0.29, 0.717) is 17.5 Å². The van der Waals surface area contributed by atoms with Crippen molar-refractivity contribution in [2.75, 3.05) is 0 Å². The van der Waals surface area contributed by atoms with E-state index < -0.39 is 0 Å². The van der Waals surface area contributed by atoms with E-state index in [1.807, 2.05) is 60.7 Å². The van der Waals surface area contributed by atoms with Crippen LogP contribution in [0.4, 0.5) is 0 Å². The average molecular weight is 625 g/mol. The number of nitrogens with zero attached hydrogens (tertiary/aromatic N) is 4. The minimum atomic E-state index is 0.649. The first-order valence-corrected chi connectivity index (χ1v) is 16.5. The van der Waals surface area contributed by atoms with Gasteiger partial charge in [-0.15, -0.1) is 0 Å². The molecule has 0 aliphatic heterocycles. The molecule has 10 rings (SSSR count). The highest BCUT2D eigenvalue weighted by Crippen LogP contribution is 2.49. The van der Waals surface area contributed by atoms with Crippen LogP contribution >= 0.6 is 0 Å². The Hall–Kier alpha value is -6.65. The molecule has 0 saturated heterocycles. The molecule has 4 nitrogen and oxygen atoms in total. The summed E-state index contributed by atoms with van der Waals surface area (Å²) in [4.78, 5) is 15.1. The SMILES string of the molecule is c1ccc(-c2nc(-c3ccccc3)nc(-c3ccc(-n4cc5c6c(cccc64)-c4ccccc4-c4ccccc4-5)c4ccccc34)n2)cc1. The number of fused-ring (bicyclic) bond motifs is 6. The molecule has 49 heavy (non-hydrogen) atoms. The molecular formula is C45H28N4. The Morgan fingerprint density at radius 3 is 1.45 bits per heavy atom. The summed E-state index contributed by atoms with van der Waals surface area (Å²) in [5.74, 6) is 1.95. The molecule has 9 aromatic rings. The van der Waals surface area contributed by atoms with E-state index in [0.717, 1.165) is 33.2 Å². The van der Waals surface area contributed by atoms with E-state index >= 15 is 0 Å². The standard InChI is InChI=1S/C45H28N4/c1-3-14-29(15-4-1)43-46-44(30-16-5-2-6-17-30)48-45(47-43)38-26-27-40(36-23-12-11-22-35(36)38)49-28-39-34-21-10-8-19-32(34)31-18-7-9-20-33(31)37-24-13-25-41(49)42(37)39/h1-28H. The molecule has 2 aromatic heterocycles. The molecule has 0 N–H and O–H groups in total. The Kier molecular flexibility index (Phi) is 6.15. The van der Waals surface area contributed by atoms with E-state index in [-0.39, 0.29) is 0 Å². The van der Waals surface area contributed by atoms with Gasteiger partial charge < -0.3 is 4.57 Å². The topological polar surface area (TPSA) is 43.6 Å². The first-order valence-electron chi connectivity index (χ1n) is 16.5. The van der Waals surface area contributed by atoms with Crippen LogP contribution in [-0.4, -0.2) is 19.5 Å². The predicted octanol–water partition coefficient (Wildman–Crippen LogP) is 11.3. The van der Waals surface area contributed by atoms with Crippen LogP contribution in [0.3, 0.4) is 0 Å². The second kappa shape index (κ2) is 11.0. The van der Waals surface area contributed by atoms with Gasteiger partial charge in [0.1, 0.15) is 0 Å². The first kappa shape index (κ1) is 27.5. The zero-order valence-electron chi connectivity index (χ0n) is 26.5. The highest BCUT2D eigenvalue weighted by atomic mass is 15.0. The van der Waals surface area contributed by atoms with Crippen molar-refractivity contribution < 1.29 is 0 Å². The van der Waals surface area contributed by atoms with Crippen LogP contribution in [0.25, 0.3) is 94.9 Å². The number of rotatable bonds is 4. The van der Waals surface area contributed by atoms with Gasteiger partial charge >= 0.3 is 0 Å². The van der Waals surface area contributed by atoms with Crippen molar-refractivity contribution >= 4 is 21.7 Å². The lowest BCUT2D eigenvalue weighted by molar-refractivity contribution is 1.07. The van der Waals surface area contributed by atoms with Crippen molar-refractivity contribution in [2.45, 2.75) is 0 Å². The van der Waals surface area contributed by atoms with Gasteiger partial charge in [-0.1, -0.05) is 146 Å². The minimum Gasteiger partial charge on any atom is -0.315 e. The van der Waals surface area contributed by atoms with E-state index in [1.54, 1.807) is 0 Å². The molecular weight excluding hydrogens is 597 g/mol. The molecule has 0 atom stereocenters. The molecule has 1 aliphatic rings. The first-order chi connectivity index (χ1) is 24.3. The number of hydrogen-bond acceptors (Lipinski definition) is 3. The molecule has 228 valence electrons. The average Bonchev–Trinajstić information content (AvgIpc) is 3.52. The summed E-state index contributed by atoms with van der Waals surface area (Å²) < 4.78 is 2.36. The van der Waals surface area contributed by atoms with Crippen LogP contribution in [0.1, 0.15) is 0 Å². The highest BCUT2D eigenvalue weighted by molar-refractivity contribution is 6.14. The molecule has 0 fully saturated rings. The van der Waals surface area contributed by atoms with Gasteiger partial charge in [0.05, 0.1) is 11.2 Å². The van der Waals surface area contributed by atoms with Gasteiger partial charge in [0.15, 0.2) is 17.5 Å². The Bertz CT molecular complexity index is 2650. The van der Waals surface area contributed by atoms with E-state index in [9.17, 15) is 0 Å². The number of benzene rings is 7. The monoisotopic (exact) mass is 624 g/mol. The Morgan fingerprint density at radius 1 is 0.327 bits per heavy atom. The third kappa shape index (κ3) is 4.35. The summed E-state index contributed by atoms with van der Waals surface area (Å²) in [7, 11) is 0. The minimum absolute atomic E-state index is 0.649. The number of aromatic nitrogens is 4. The lowest BCUT2D eigenvalue weighted by Gasteiger charge is -2.15. The summed E-state index contributed by atoms with van der Waals surface area (Å²) in [6.45, 7) is 0. The summed E-state index contributed by atoms with van der Waals surface area (Å²) in [5, 5.41) is 3.48. The summed E-state index contributed by atoms with van der Waals surface area (Å²) >= 11 is 0. The van der Waals surface area contributed by atoms with Crippen LogP contribution in [-0.2, 0) is 0 Å². The largest absolute Gasteiger partial charge is 0.315 e. The quantitative estimate of drug-likeness (QED) is 0.196. The fourth-order valence-corrected chi connectivity index (χ4v) is 7.44. The van der Waals surface area contributed by atoms with Gasteiger partial charge in [-0.25, -0.2) is 15.0 Å². The maximum atomic E-state index is 5.07. The molecule has 1 aliphatic carbocycles. The molecule has 0 radical (unpaired) electrons. The molecule has 0 unspecified atom stereocenters. The molecule has 4 heteroatoms. The Morgan fingerprint density at radius 2 is 0.816 bits per heavy atom. The van der Waals surface area contributed by atoms with Gasteiger partial charge in [0, 0.05) is 39.2 Å². The van der Waals surface area contributed by atoms with Gasteiger partial charge in [0.2, 0.25) is 0 Å². The number of hydrogen-bond donors (Lipinski definition) is 0. The smallest absolute Gasteiger partial charge is 0.164 e. The fourth-order valence-electron chi connectivity index (χ4n) is 7.44. The van der Waals surface area contributed by atoms with Crippen molar-refractivity contribution in [3.63, 3.8) is 0 Å². The normalized spacial score (nSPS) is 11.7. The van der Waals surface area contributed by atoms with Gasteiger partial charge in [0.25, 0.3) is 0 Å². The third-order valence-electron chi connectivity index (χ3n) is 9.66. The molecule has 0 amide bonds. The van der Waals surface area contributed by atoms with Crippen LogP contribution in [0, 0.1) is 0 Å². The highest BCUT2D eigenvalue weighted by Gasteiger charge is 2.24. The third-order valence-corrected chi connectivity index (χ3v) is 9.66. The molecule has 7 aromatic carbocycles. The second-order valence-electron chi connectivity index (χ2n) is 12.4. The summed E-state index contributed by atoms with van der Waals surface area (Å²) in [5.41, 5.74) is 12.7. The van der Waals surface area contributed by atoms with Gasteiger partial charge in [-0.05, 0) is 51.4 Å². The van der Waals surface area contributed by atoms with Crippen molar-refractivity contribution in [3.05, 3.63) is 170 Å². The molecule has 2 heterocycles. The van der Waals surface area contributed by atoms with E-state index in [4.69, 9.17) is 15.0 Å². The maximum Gasteiger partial charge on any atom is 0.164 e. The zero-order chi connectivity index (χ0) is 32.3. The summed E-state index contributed by atoms with van der Waals surface area (Å²) in [6.07, 6.45) is 2.32. The Labute approximate surface area is 283 Å².